The first-order chi connectivity index (χ1) is 17.5. The number of phosphoric ester groups is 1. The van der Waals surface area contributed by atoms with Crippen molar-refractivity contribution in [3.05, 3.63) is 12.7 Å². The summed E-state index contributed by atoms with van der Waals surface area (Å²) in [6.45, 7) is -1.60. The Kier molecular flexibility index (Phi) is 10.5. The van der Waals surface area contributed by atoms with Crippen LogP contribution in [-0.4, -0.2) is 121 Å². The average Bonchev–Trinajstić information content (AvgIpc) is 3.37. The van der Waals surface area contributed by atoms with Crippen molar-refractivity contribution in [1.29, 1.82) is 0 Å². The third-order valence-electron chi connectivity index (χ3n) is 4.89. The van der Waals surface area contributed by atoms with E-state index < -0.39 is 71.3 Å². The zero-order valence-electron chi connectivity index (χ0n) is 18.9. The fourth-order valence-electron chi connectivity index (χ4n) is 3.01. The lowest BCUT2D eigenvalue weighted by Crippen LogP contribution is -2.52. The van der Waals surface area contributed by atoms with Crippen molar-refractivity contribution in [2.24, 2.45) is 5.73 Å². The summed E-state index contributed by atoms with van der Waals surface area (Å²) >= 11 is 0. The van der Waals surface area contributed by atoms with E-state index in [9.17, 15) is 29.0 Å². The van der Waals surface area contributed by atoms with Gasteiger partial charge in [-0.05, 0) is 0 Å². The molecule has 216 valence electrons. The Morgan fingerprint density at radius 2 is 1.82 bits per heavy atom. The van der Waals surface area contributed by atoms with Gasteiger partial charge in [0.25, 0.3) is 0 Å². The summed E-state index contributed by atoms with van der Waals surface area (Å²) in [7, 11) is -10.5. The van der Waals surface area contributed by atoms with Crippen LogP contribution in [0.3, 0.4) is 0 Å². The number of nitrogens with two attached hydrogens (primary N) is 2. The molecule has 0 saturated carbocycles. The van der Waals surface area contributed by atoms with Gasteiger partial charge in [0.2, 0.25) is 5.85 Å². The molecule has 1 unspecified atom stereocenters. The maximum atomic E-state index is 11.5. The number of rotatable bonds is 10. The highest BCUT2D eigenvalue weighted by molar-refractivity contribution is 7.60. The number of anilines is 1. The van der Waals surface area contributed by atoms with E-state index in [-0.39, 0.29) is 23.3 Å². The molecule has 1 aliphatic heterocycles. The van der Waals surface area contributed by atoms with E-state index in [2.05, 4.69) is 23.8 Å². The van der Waals surface area contributed by atoms with E-state index in [0.717, 1.165) is 17.2 Å². The number of fused-ring (bicyclic) bond motifs is 1. The third kappa shape index (κ3) is 7.54. The number of aromatic nitrogens is 4. The van der Waals surface area contributed by atoms with Gasteiger partial charge in [0.1, 0.15) is 54.8 Å². The molecule has 1 saturated heterocycles. The molecule has 3 rings (SSSR count). The van der Waals surface area contributed by atoms with E-state index in [0.29, 0.717) is 0 Å². The first-order valence-corrected chi connectivity index (χ1v) is 13.1. The van der Waals surface area contributed by atoms with Crippen LogP contribution in [0.5, 0.6) is 0 Å². The number of nitrogens with zero attached hydrogens (tertiary/aromatic N) is 4. The molecule has 3 heterocycles. The minimum absolute atomic E-state index is 0.0241. The Morgan fingerprint density at radius 3 is 2.37 bits per heavy atom. The summed E-state index contributed by atoms with van der Waals surface area (Å²) in [6, 6.07) is 0. The van der Waals surface area contributed by atoms with Crippen molar-refractivity contribution < 1.29 is 72.8 Å². The molecular weight excluding hydrogens is 566 g/mol. The quantitative estimate of drug-likeness (QED) is 0.0905. The van der Waals surface area contributed by atoms with Crippen molar-refractivity contribution in [2.45, 2.75) is 42.5 Å². The van der Waals surface area contributed by atoms with Gasteiger partial charge in [-0.3, -0.25) is 14.8 Å². The van der Waals surface area contributed by atoms with Gasteiger partial charge in [-0.15, -0.1) is 0 Å². The van der Waals surface area contributed by atoms with Gasteiger partial charge >= 0.3 is 15.6 Å². The Morgan fingerprint density at radius 1 is 1.18 bits per heavy atom. The number of carbonyl (C=O) groups is 1. The molecule has 1 aliphatic rings. The Bertz CT molecular complexity index is 1200. The third-order valence-corrected chi connectivity index (χ3v) is 7.04. The summed E-state index contributed by atoms with van der Waals surface area (Å²) < 4.78 is 36.6. The molecule has 21 nitrogen and oxygen atoms in total. The Hall–Kier alpha value is -2.04. The van der Waals surface area contributed by atoms with Crippen LogP contribution in [0.1, 0.15) is 0 Å². The first kappa shape index (κ1) is 32.2. The molecular formula is C15H26N6O15P2. The molecule has 2 aromatic heterocycles. The highest BCUT2D eigenvalue weighted by Crippen LogP contribution is 2.57. The molecule has 0 spiro atoms. The maximum absolute atomic E-state index is 11.5. The van der Waals surface area contributed by atoms with E-state index >= 15 is 0 Å². The Labute approximate surface area is 211 Å². The predicted molar refractivity (Wildman–Crippen MR) is 119 cm³/mol. The van der Waals surface area contributed by atoms with Crippen LogP contribution < -0.4 is 11.5 Å². The van der Waals surface area contributed by atoms with E-state index in [1.165, 1.54) is 0 Å². The summed E-state index contributed by atoms with van der Waals surface area (Å²) in [5.41, 5.74) is 11.9. The summed E-state index contributed by atoms with van der Waals surface area (Å²) in [4.78, 5) is 47.8. The summed E-state index contributed by atoms with van der Waals surface area (Å²) in [5.74, 6) is -2.11. The molecule has 1 fully saturated rings. The van der Waals surface area contributed by atoms with Crippen molar-refractivity contribution in [2.75, 3.05) is 18.9 Å². The van der Waals surface area contributed by atoms with Gasteiger partial charge in [0, 0.05) is 0 Å². The zero-order chi connectivity index (χ0) is 29.1. The number of hydrogen-bond acceptors (Lipinski definition) is 17. The van der Waals surface area contributed by atoms with Crippen molar-refractivity contribution in [3.63, 3.8) is 0 Å². The van der Waals surface area contributed by atoms with Crippen LogP contribution in [0.4, 0.5) is 5.82 Å². The summed E-state index contributed by atoms with van der Waals surface area (Å²) in [5, 5.41) is 54.5. The van der Waals surface area contributed by atoms with Gasteiger partial charge in [-0.2, -0.15) is 4.31 Å². The number of phosphoric acid groups is 2. The smallest absolute Gasteiger partial charge is 0.394 e. The molecule has 38 heavy (non-hydrogen) atoms. The van der Waals surface area contributed by atoms with Crippen LogP contribution in [0.25, 0.3) is 11.2 Å². The molecule has 0 radical (unpaired) electrons. The number of hydrogen-bond donors (Lipinski definition) is 11. The lowest BCUT2D eigenvalue weighted by Gasteiger charge is -2.28. The normalized spacial score (nSPS) is 27.7. The van der Waals surface area contributed by atoms with E-state index in [4.69, 9.17) is 46.4 Å². The SMILES string of the molecule is Nc1ncnc2c1ncn2[C@]1(N)O[C@H](COP(=O)(O)OP(=O)(O)O)[C@@H](O)[C@H]1O.O=C[C@H](O)[C@H](O)[C@H](O)CO. The molecule has 8 atom stereocenters. The van der Waals surface area contributed by atoms with E-state index in [1.54, 1.807) is 0 Å². The second-order valence-corrected chi connectivity index (χ2v) is 10.4. The van der Waals surface area contributed by atoms with Gasteiger partial charge in [-0.25, -0.2) is 24.1 Å². The lowest BCUT2D eigenvalue weighted by atomic mass is 10.1. The molecule has 13 N–H and O–H groups in total. The summed E-state index contributed by atoms with van der Waals surface area (Å²) in [6.07, 6.45) is -7.39. The van der Waals surface area contributed by atoms with Crippen LogP contribution in [0, 0.1) is 0 Å². The first-order valence-electron chi connectivity index (χ1n) is 10.1. The largest absolute Gasteiger partial charge is 0.481 e. The average molecular weight is 592 g/mol. The number of carbonyl (C=O) groups excluding carboxylic acids is 1. The molecule has 0 amide bonds. The van der Waals surface area contributed by atoms with Gasteiger partial charge in [-0.1, -0.05) is 0 Å². The van der Waals surface area contributed by atoms with Gasteiger partial charge in [0.05, 0.1) is 13.2 Å². The van der Waals surface area contributed by atoms with Crippen LogP contribution in [0.2, 0.25) is 0 Å². The number of aliphatic hydroxyl groups is 6. The van der Waals surface area contributed by atoms with Crippen LogP contribution >= 0.6 is 15.6 Å². The van der Waals surface area contributed by atoms with E-state index in [1.807, 2.05) is 0 Å². The zero-order valence-corrected chi connectivity index (χ0v) is 20.7. The number of aliphatic hydroxyl groups excluding tert-OH is 6. The minimum Gasteiger partial charge on any atom is -0.394 e. The monoisotopic (exact) mass is 592 g/mol. The van der Waals surface area contributed by atoms with Crippen LogP contribution in [0.15, 0.2) is 12.7 Å². The molecule has 0 aliphatic carbocycles. The van der Waals surface area contributed by atoms with Gasteiger partial charge in [0.15, 0.2) is 17.8 Å². The molecule has 0 aromatic carbocycles. The fourth-order valence-corrected chi connectivity index (χ4v) is 4.61. The number of nitrogen functional groups attached to an aromatic ring is 1. The number of ether oxygens (including phenoxy) is 1. The highest BCUT2D eigenvalue weighted by Gasteiger charge is 2.54. The maximum Gasteiger partial charge on any atom is 0.481 e. The second kappa shape index (κ2) is 12.4. The number of aldehydes is 1. The van der Waals surface area contributed by atoms with Crippen LogP contribution in [-0.2, 0) is 33.3 Å². The molecule has 0 bridgehead atoms. The number of imidazole rings is 1. The van der Waals surface area contributed by atoms with Crippen molar-refractivity contribution in [1.82, 2.24) is 19.5 Å². The standard InChI is InChI=1S/C10H16N6O10P2.C5H10O5/c11-8-5-9(14-2-13-8)16(3-15-5)10(12)7(18)6(17)4(25-10)1-24-28(22,23)26-27(19,20)21;6-1-3(8)5(10)4(9)2-7/h2-4,6-7,17-18H,1,12H2,(H,22,23)(H2,11,13,14)(H2,19,20,21);1,3-5,7-10H,2H2/t4-,6-,7-,10+;3-,4+,5-/m10/s1. The fraction of sp³-hybridized carbons (Fsp3) is 0.600. The Balaban J connectivity index is 0.000000432. The topological polar surface area (TPSA) is 357 Å². The molecule has 2 aromatic rings. The van der Waals surface area contributed by atoms with Gasteiger partial charge < -0.3 is 60.6 Å². The van der Waals surface area contributed by atoms with Crippen molar-refractivity contribution >= 4 is 38.9 Å². The second-order valence-electron chi connectivity index (χ2n) is 7.59. The molecule has 23 heteroatoms. The minimum atomic E-state index is -5.33. The predicted octanol–water partition coefficient (Wildman–Crippen LogP) is -5.42. The highest BCUT2D eigenvalue weighted by atomic mass is 31.3. The van der Waals surface area contributed by atoms with Crippen molar-refractivity contribution in [3.8, 4) is 0 Å². The lowest BCUT2D eigenvalue weighted by molar-refractivity contribution is -0.140.